The number of amides is 2. The van der Waals surface area contributed by atoms with Crippen LogP contribution in [0.3, 0.4) is 0 Å². The Hall–Kier alpha value is -3.31. The van der Waals surface area contributed by atoms with E-state index in [9.17, 15) is 19.7 Å². The van der Waals surface area contributed by atoms with Crippen LogP contribution in [0.1, 0.15) is 26.7 Å². The van der Waals surface area contributed by atoms with Gasteiger partial charge in [-0.15, -0.1) is 0 Å². The van der Waals surface area contributed by atoms with Crippen LogP contribution in [-0.4, -0.2) is 90.8 Å². The van der Waals surface area contributed by atoms with Crippen molar-refractivity contribution < 1.29 is 18.9 Å². The van der Waals surface area contributed by atoms with Gasteiger partial charge in [-0.2, -0.15) is 0 Å². The Balaban J connectivity index is 2.13. The number of likely N-dealkylation sites (N-methyl/N-ethyl adjacent to an activating group) is 2. The Bertz CT molecular complexity index is 911. The summed E-state index contributed by atoms with van der Waals surface area (Å²) in [6.07, 6.45) is 1.25. The standard InChI is InChI=1S/C20H28N6O5/c1-23(2)9-8-21-19(27)17-14-31-18(22-17)13-25(11-10-24(3)4)20(28)15-6-5-7-16(12-15)26(29)30/h5-7,12,14H,8-11,13H2,1-4H3,(H,21,27). The second-order valence-electron chi connectivity index (χ2n) is 7.52. The first kappa shape index (κ1) is 24.0. The van der Waals surface area contributed by atoms with Gasteiger partial charge in [-0.25, -0.2) is 4.98 Å². The Kier molecular flexibility index (Phi) is 8.64. The second kappa shape index (κ2) is 11.2. The summed E-state index contributed by atoms with van der Waals surface area (Å²) in [5, 5.41) is 13.8. The van der Waals surface area contributed by atoms with Crippen LogP contribution < -0.4 is 5.32 Å². The molecule has 0 saturated carbocycles. The van der Waals surface area contributed by atoms with E-state index in [2.05, 4.69) is 10.3 Å². The number of aromatic nitrogens is 1. The zero-order valence-electron chi connectivity index (χ0n) is 18.2. The highest BCUT2D eigenvalue weighted by Gasteiger charge is 2.21. The second-order valence-corrected chi connectivity index (χ2v) is 7.52. The molecule has 0 aliphatic rings. The van der Waals surface area contributed by atoms with Crippen LogP contribution >= 0.6 is 0 Å². The topological polar surface area (TPSA) is 125 Å². The minimum absolute atomic E-state index is 0.0281. The molecular formula is C20H28N6O5. The Morgan fingerprint density at radius 3 is 2.48 bits per heavy atom. The van der Waals surface area contributed by atoms with Crippen molar-refractivity contribution in [3.63, 3.8) is 0 Å². The summed E-state index contributed by atoms with van der Waals surface area (Å²) in [6.45, 7) is 2.10. The molecule has 0 radical (unpaired) electrons. The van der Waals surface area contributed by atoms with E-state index in [1.54, 1.807) is 0 Å². The summed E-state index contributed by atoms with van der Waals surface area (Å²) < 4.78 is 5.40. The largest absolute Gasteiger partial charge is 0.446 e. The number of non-ortho nitro benzene ring substituents is 1. The van der Waals surface area contributed by atoms with Gasteiger partial charge in [0.25, 0.3) is 17.5 Å². The van der Waals surface area contributed by atoms with Gasteiger partial charge in [0.1, 0.15) is 6.26 Å². The number of nitrogens with zero attached hydrogens (tertiary/aromatic N) is 5. The summed E-state index contributed by atoms with van der Waals surface area (Å²) in [6, 6.07) is 5.56. The fourth-order valence-electron chi connectivity index (χ4n) is 2.64. The number of carbonyl (C=O) groups is 2. The number of hydrogen-bond acceptors (Lipinski definition) is 8. The number of hydrogen-bond donors (Lipinski definition) is 1. The van der Waals surface area contributed by atoms with Gasteiger partial charge in [0, 0.05) is 43.9 Å². The van der Waals surface area contributed by atoms with Gasteiger partial charge in [-0.3, -0.25) is 19.7 Å². The molecule has 168 valence electrons. The van der Waals surface area contributed by atoms with Crippen LogP contribution in [-0.2, 0) is 6.54 Å². The minimum atomic E-state index is -0.545. The van der Waals surface area contributed by atoms with Crippen molar-refractivity contribution in [3.8, 4) is 0 Å². The summed E-state index contributed by atoms with van der Waals surface area (Å²) in [5.74, 6) is -0.544. The fourth-order valence-corrected chi connectivity index (χ4v) is 2.64. The third-order valence-corrected chi connectivity index (χ3v) is 4.36. The van der Waals surface area contributed by atoms with Gasteiger partial charge in [0.15, 0.2) is 5.69 Å². The SMILES string of the molecule is CN(C)CCNC(=O)c1coc(CN(CCN(C)C)C(=O)c2cccc([N+](=O)[O-])c2)n1. The molecule has 0 unspecified atom stereocenters. The molecule has 0 fully saturated rings. The molecule has 1 heterocycles. The fraction of sp³-hybridized carbons (Fsp3) is 0.450. The van der Waals surface area contributed by atoms with Crippen LogP contribution in [0.4, 0.5) is 5.69 Å². The van der Waals surface area contributed by atoms with Crippen molar-refractivity contribution >= 4 is 17.5 Å². The molecule has 0 spiro atoms. The minimum Gasteiger partial charge on any atom is -0.446 e. The molecule has 1 aromatic heterocycles. The van der Waals surface area contributed by atoms with Crippen molar-refractivity contribution in [2.24, 2.45) is 0 Å². The molecule has 11 nitrogen and oxygen atoms in total. The molecule has 0 aliphatic carbocycles. The van der Waals surface area contributed by atoms with Crippen LogP contribution in [0, 0.1) is 10.1 Å². The Morgan fingerprint density at radius 2 is 1.84 bits per heavy atom. The van der Waals surface area contributed by atoms with E-state index >= 15 is 0 Å². The maximum atomic E-state index is 13.0. The smallest absolute Gasteiger partial charge is 0.273 e. The molecule has 1 aromatic carbocycles. The van der Waals surface area contributed by atoms with Gasteiger partial charge in [-0.1, -0.05) is 6.07 Å². The van der Waals surface area contributed by atoms with Crippen molar-refractivity contribution in [1.29, 1.82) is 0 Å². The number of benzene rings is 1. The maximum absolute atomic E-state index is 13.0. The summed E-state index contributed by atoms with van der Waals surface area (Å²) in [4.78, 5) is 45.2. The van der Waals surface area contributed by atoms with Crippen molar-refractivity contribution in [2.75, 3.05) is 54.4 Å². The lowest BCUT2D eigenvalue weighted by molar-refractivity contribution is -0.384. The van der Waals surface area contributed by atoms with Gasteiger partial charge < -0.3 is 24.4 Å². The number of nitro groups is 1. The van der Waals surface area contributed by atoms with Crippen molar-refractivity contribution in [2.45, 2.75) is 6.54 Å². The third-order valence-electron chi connectivity index (χ3n) is 4.36. The maximum Gasteiger partial charge on any atom is 0.273 e. The summed E-state index contributed by atoms with van der Waals surface area (Å²) >= 11 is 0. The van der Waals surface area contributed by atoms with Gasteiger partial charge >= 0.3 is 0 Å². The van der Waals surface area contributed by atoms with Crippen LogP contribution in [0.15, 0.2) is 34.9 Å². The van der Waals surface area contributed by atoms with E-state index in [0.29, 0.717) is 26.2 Å². The normalized spacial score (nSPS) is 11.0. The van der Waals surface area contributed by atoms with E-state index in [1.165, 1.54) is 35.4 Å². The van der Waals surface area contributed by atoms with Crippen LogP contribution in [0.2, 0.25) is 0 Å². The average Bonchev–Trinajstić information content (AvgIpc) is 3.19. The van der Waals surface area contributed by atoms with E-state index in [4.69, 9.17) is 4.42 Å². The lowest BCUT2D eigenvalue weighted by Crippen LogP contribution is -2.36. The molecular weight excluding hydrogens is 404 g/mol. The van der Waals surface area contributed by atoms with Crippen molar-refractivity contribution in [1.82, 2.24) is 25.0 Å². The van der Waals surface area contributed by atoms with E-state index in [-0.39, 0.29) is 41.2 Å². The first-order valence-corrected chi connectivity index (χ1v) is 9.73. The third kappa shape index (κ3) is 7.46. The van der Waals surface area contributed by atoms with E-state index < -0.39 is 4.92 Å². The summed E-state index contributed by atoms with van der Waals surface area (Å²) in [5.41, 5.74) is 0.163. The lowest BCUT2D eigenvalue weighted by Gasteiger charge is -2.23. The number of nitro benzene ring substituents is 1. The molecule has 1 N–H and O–H groups in total. The quantitative estimate of drug-likeness (QED) is 0.413. The van der Waals surface area contributed by atoms with Crippen molar-refractivity contribution in [3.05, 3.63) is 57.8 Å². The van der Waals surface area contributed by atoms with E-state index in [1.807, 2.05) is 38.0 Å². The molecule has 0 bridgehead atoms. The molecule has 11 heteroatoms. The first-order valence-electron chi connectivity index (χ1n) is 9.73. The Morgan fingerprint density at radius 1 is 1.13 bits per heavy atom. The predicted molar refractivity (Wildman–Crippen MR) is 114 cm³/mol. The molecule has 2 amide bonds. The molecule has 2 aromatic rings. The highest BCUT2D eigenvalue weighted by Crippen LogP contribution is 2.16. The molecule has 31 heavy (non-hydrogen) atoms. The van der Waals surface area contributed by atoms with Crippen LogP contribution in [0.25, 0.3) is 0 Å². The molecule has 0 atom stereocenters. The lowest BCUT2D eigenvalue weighted by atomic mass is 10.1. The number of oxazole rings is 1. The first-order chi connectivity index (χ1) is 14.7. The van der Waals surface area contributed by atoms with Gasteiger partial charge in [0.2, 0.25) is 5.89 Å². The molecule has 0 aliphatic heterocycles. The number of rotatable bonds is 11. The molecule has 2 rings (SSSR count). The van der Waals surface area contributed by atoms with Gasteiger partial charge in [0.05, 0.1) is 11.5 Å². The monoisotopic (exact) mass is 432 g/mol. The van der Waals surface area contributed by atoms with E-state index in [0.717, 1.165) is 0 Å². The predicted octanol–water partition coefficient (Wildman–Crippen LogP) is 1.08. The average molecular weight is 432 g/mol. The number of nitrogens with one attached hydrogen (secondary N) is 1. The van der Waals surface area contributed by atoms with Crippen LogP contribution in [0.5, 0.6) is 0 Å². The zero-order chi connectivity index (χ0) is 23.0. The number of carbonyl (C=O) groups excluding carboxylic acids is 2. The Labute approximate surface area is 180 Å². The molecule has 0 saturated heterocycles. The summed E-state index contributed by atoms with van der Waals surface area (Å²) in [7, 11) is 7.55. The highest BCUT2D eigenvalue weighted by atomic mass is 16.6. The highest BCUT2D eigenvalue weighted by molar-refractivity contribution is 5.95. The van der Waals surface area contributed by atoms with Gasteiger partial charge in [-0.05, 0) is 34.3 Å². The zero-order valence-corrected chi connectivity index (χ0v) is 18.2.